The average molecular weight is 677 g/mol. The zero-order valence-corrected chi connectivity index (χ0v) is 28.8. The molecule has 3 nitrogen and oxygen atoms in total. The van der Waals surface area contributed by atoms with Gasteiger partial charge < -0.3 is 4.90 Å². The van der Waals surface area contributed by atoms with E-state index in [2.05, 4.69) is 113 Å². The van der Waals surface area contributed by atoms with Gasteiger partial charge in [0, 0.05) is 24.8 Å². The van der Waals surface area contributed by atoms with E-state index in [4.69, 9.17) is 25.6 Å². The Labute approximate surface area is 261 Å². The molecule has 0 bridgehead atoms. The van der Waals surface area contributed by atoms with E-state index in [9.17, 15) is 0 Å². The second-order valence-corrected chi connectivity index (χ2v) is 14.4. The summed E-state index contributed by atoms with van der Waals surface area (Å²) in [6.07, 6.45) is 6.90. The van der Waals surface area contributed by atoms with Crippen molar-refractivity contribution in [2.75, 3.05) is 18.0 Å². The SMILES string of the molecule is CC(C)c1cccc(C(C)C)c1N1[C]N(C2CCCCC2)CC1.[C-]#[N+]c1c(C(C)C)cccc1C(C)C.[Cl][Pd][Cl]. The van der Waals surface area contributed by atoms with Crippen LogP contribution in [-0.4, -0.2) is 24.0 Å². The zero-order valence-electron chi connectivity index (χ0n) is 25.7. The molecule has 0 unspecified atom stereocenters. The first kappa shape index (κ1) is 35.1. The molecule has 4 rings (SSSR count). The molecule has 0 N–H and O–H groups in total. The van der Waals surface area contributed by atoms with Crippen LogP contribution in [0.2, 0.25) is 0 Å². The third kappa shape index (κ3) is 9.75. The molecule has 0 atom stereocenters. The van der Waals surface area contributed by atoms with E-state index in [0.29, 0.717) is 23.7 Å². The summed E-state index contributed by atoms with van der Waals surface area (Å²) in [7, 11) is 9.63. The van der Waals surface area contributed by atoms with Crippen LogP contribution in [0.1, 0.15) is 133 Å². The molecule has 1 aliphatic heterocycles. The summed E-state index contributed by atoms with van der Waals surface area (Å²) in [6, 6.07) is 13.7. The Morgan fingerprint density at radius 2 is 1.18 bits per heavy atom. The van der Waals surface area contributed by atoms with Gasteiger partial charge in [-0.15, -0.1) is 0 Å². The summed E-state index contributed by atoms with van der Waals surface area (Å²) in [5.74, 6) is 1.96. The predicted molar refractivity (Wildman–Crippen MR) is 171 cm³/mol. The van der Waals surface area contributed by atoms with Crippen molar-refractivity contribution in [3.8, 4) is 0 Å². The van der Waals surface area contributed by atoms with Crippen molar-refractivity contribution in [2.24, 2.45) is 0 Å². The molecule has 2 aliphatic rings. The number of nitrogens with zero attached hydrogens (tertiary/aromatic N) is 3. The molecular formula is C34H49Cl2N3Pd. The number of hydrogen-bond donors (Lipinski definition) is 0. The minimum absolute atomic E-state index is 0.106. The molecule has 1 saturated carbocycles. The Kier molecular flexibility index (Phi) is 15.6. The molecule has 0 spiro atoms. The topological polar surface area (TPSA) is 10.8 Å². The van der Waals surface area contributed by atoms with E-state index in [1.165, 1.54) is 60.0 Å². The Balaban J connectivity index is 0.000000282. The first-order valence-electron chi connectivity index (χ1n) is 14.8. The number of hydrogen-bond acceptors (Lipinski definition) is 2. The van der Waals surface area contributed by atoms with Gasteiger partial charge in [0.05, 0.1) is 6.57 Å². The van der Waals surface area contributed by atoms with Gasteiger partial charge in [-0.3, -0.25) is 4.90 Å². The molecule has 0 amide bonds. The standard InChI is InChI=1S/C21H32N2.C13H17N.2ClH.Pd/c1-16(2)19-11-8-12-20(17(3)4)21(19)23-14-13-22(15-23)18-9-6-5-7-10-18;1-9(2)11-7-6-8-12(10(3)4)13(11)14-5;;;/h8,11-12,16-18H,5-7,9-10,13-14H2,1-4H3;6-10H,1-4H3;2*1H;/q;;;;+2/p-2. The van der Waals surface area contributed by atoms with Gasteiger partial charge in [-0.25, -0.2) is 4.85 Å². The van der Waals surface area contributed by atoms with E-state index < -0.39 is 0 Å². The van der Waals surface area contributed by atoms with Gasteiger partial charge in [-0.1, -0.05) is 111 Å². The Bertz CT molecular complexity index is 1020. The second-order valence-electron chi connectivity index (χ2n) is 12.1. The molecule has 2 fully saturated rings. The predicted octanol–water partition coefficient (Wildman–Crippen LogP) is 11.2. The maximum absolute atomic E-state index is 7.24. The Hall–Kier alpha value is -1.07. The first-order chi connectivity index (χ1) is 19.1. The zero-order chi connectivity index (χ0) is 29.8. The minimum atomic E-state index is -0.106. The fraction of sp³-hybridized carbons (Fsp3) is 0.588. The number of benzene rings is 2. The molecule has 1 saturated heterocycles. The van der Waals surface area contributed by atoms with Crippen molar-refractivity contribution < 1.29 is 15.9 Å². The van der Waals surface area contributed by atoms with Crippen LogP contribution in [0.25, 0.3) is 4.85 Å². The molecule has 40 heavy (non-hydrogen) atoms. The summed E-state index contributed by atoms with van der Waals surface area (Å²) in [5.41, 5.74) is 7.56. The van der Waals surface area contributed by atoms with Gasteiger partial charge in [0.25, 0.3) is 0 Å². The molecule has 2 aromatic rings. The number of para-hydroxylation sites is 2. The number of anilines is 1. The van der Waals surface area contributed by atoms with Crippen LogP contribution in [0, 0.1) is 13.2 Å². The van der Waals surface area contributed by atoms with Crippen LogP contribution in [0.3, 0.4) is 0 Å². The van der Waals surface area contributed by atoms with E-state index in [1.54, 1.807) is 0 Å². The molecular weight excluding hydrogens is 628 g/mol. The van der Waals surface area contributed by atoms with Gasteiger partial charge in [0.2, 0.25) is 0 Å². The van der Waals surface area contributed by atoms with Crippen molar-refractivity contribution >= 4 is 30.4 Å². The Morgan fingerprint density at radius 1 is 0.750 bits per heavy atom. The van der Waals surface area contributed by atoms with Crippen LogP contribution < -0.4 is 4.90 Å². The van der Waals surface area contributed by atoms with Crippen molar-refractivity contribution in [3.05, 3.63) is 76.7 Å². The van der Waals surface area contributed by atoms with E-state index >= 15 is 0 Å². The van der Waals surface area contributed by atoms with Crippen molar-refractivity contribution in [1.29, 1.82) is 0 Å². The second kappa shape index (κ2) is 17.8. The fourth-order valence-corrected chi connectivity index (χ4v) is 5.75. The van der Waals surface area contributed by atoms with Gasteiger partial charge >= 0.3 is 35.0 Å². The van der Waals surface area contributed by atoms with Crippen molar-refractivity contribution in [1.82, 2.24) is 4.90 Å². The molecule has 2 radical (unpaired) electrons. The van der Waals surface area contributed by atoms with Gasteiger partial charge in [-0.2, -0.15) is 0 Å². The van der Waals surface area contributed by atoms with Crippen LogP contribution in [0.15, 0.2) is 36.4 Å². The van der Waals surface area contributed by atoms with Gasteiger partial charge in [0.15, 0.2) is 12.4 Å². The van der Waals surface area contributed by atoms with Crippen molar-refractivity contribution in [2.45, 2.75) is 117 Å². The molecule has 224 valence electrons. The van der Waals surface area contributed by atoms with E-state index in [-0.39, 0.29) is 15.9 Å². The third-order valence-electron chi connectivity index (χ3n) is 7.90. The summed E-state index contributed by atoms with van der Waals surface area (Å²) in [6.45, 7) is 30.9. The molecule has 2 aromatic carbocycles. The fourth-order valence-electron chi connectivity index (χ4n) is 5.75. The summed E-state index contributed by atoms with van der Waals surface area (Å²) in [4.78, 5) is 8.58. The average Bonchev–Trinajstić information content (AvgIpc) is 3.43. The van der Waals surface area contributed by atoms with Crippen LogP contribution in [0.4, 0.5) is 11.4 Å². The molecule has 1 heterocycles. The Morgan fingerprint density at radius 3 is 1.57 bits per heavy atom. The summed E-state index contributed by atoms with van der Waals surface area (Å²) in [5, 5.41) is 0. The monoisotopic (exact) mass is 675 g/mol. The normalized spacial score (nSPS) is 16.3. The van der Waals surface area contributed by atoms with E-state index in [1.807, 2.05) is 0 Å². The van der Waals surface area contributed by atoms with Crippen molar-refractivity contribution in [3.63, 3.8) is 0 Å². The molecule has 0 aromatic heterocycles. The molecule has 1 aliphatic carbocycles. The summed E-state index contributed by atoms with van der Waals surface area (Å²) >= 11 is -0.106. The van der Waals surface area contributed by atoms with E-state index in [0.717, 1.165) is 24.8 Å². The van der Waals surface area contributed by atoms with Crippen LogP contribution >= 0.6 is 19.1 Å². The summed E-state index contributed by atoms with van der Waals surface area (Å²) < 4.78 is 0. The first-order valence-corrected chi connectivity index (χ1v) is 18.8. The van der Waals surface area contributed by atoms with Gasteiger partial charge in [-0.05, 0) is 58.8 Å². The third-order valence-corrected chi connectivity index (χ3v) is 7.90. The molecule has 6 heteroatoms. The van der Waals surface area contributed by atoms with Gasteiger partial charge in [0.1, 0.15) is 0 Å². The maximum atomic E-state index is 7.24. The van der Waals surface area contributed by atoms with Crippen LogP contribution in [-0.2, 0) is 15.9 Å². The van der Waals surface area contributed by atoms with Crippen LogP contribution in [0.5, 0.6) is 0 Å². The number of halogens is 2. The quantitative estimate of drug-likeness (QED) is 0.223. The number of rotatable bonds is 6.